The van der Waals surface area contributed by atoms with E-state index in [0.29, 0.717) is 30.1 Å². The number of hydrogen-bond acceptors (Lipinski definition) is 2. The summed E-state index contributed by atoms with van der Waals surface area (Å²) in [5.41, 5.74) is 0.362. The minimum absolute atomic E-state index is 0.00291. The fourth-order valence-corrected chi connectivity index (χ4v) is 3.48. The Morgan fingerprint density at radius 2 is 1.50 bits per heavy atom. The number of ether oxygens (including phenoxy) is 2. The van der Waals surface area contributed by atoms with Gasteiger partial charge in [0.15, 0.2) is 17.4 Å². The quantitative estimate of drug-likeness (QED) is 0.309. The Morgan fingerprint density at radius 3 is 2.12 bits per heavy atom. The predicted octanol–water partition coefficient (Wildman–Crippen LogP) is 7.82. The Kier molecular flexibility index (Phi) is 7.72. The van der Waals surface area contributed by atoms with Gasteiger partial charge in [0.25, 0.3) is 0 Å². The highest BCUT2D eigenvalue weighted by molar-refractivity contribution is 5.35. The molecule has 0 fully saturated rings. The second kappa shape index (κ2) is 10.5. The van der Waals surface area contributed by atoms with E-state index in [0.717, 1.165) is 5.56 Å². The molecule has 32 heavy (non-hydrogen) atoms. The van der Waals surface area contributed by atoms with Crippen molar-refractivity contribution in [1.29, 1.82) is 0 Å². The molecule has 1 unspecified atom stereocenters. The highest BCUT2D eigenvalue weighted by Crippen LogP contribution is 2.40. The van der Waals surface area contributed by atoms with Crippen LogP contribution in [0.1, 0.15) is 36.8 Å². The third-order valence-corrected chi connectivity index (χ3v) is 4.94. The fourth-order valence-electron chi connectivity index (χ4n) is 3.48. The van der Waals surface area contributed by atoms with Crippen LogP contribution in [-0.2, 0) is 6.42 Å². The molecule has 170 valence electrons. The predicted molar refractivity (Wildman–Crippen MR) is 112 cm³/mol. The van der Waals surface area contributed by atoms with E-state index >= 15 is 0 Å². The topological polar surface area (TPSA) is 18.5 Å². The van der Waals surface area contributed by atoms with Crippen molar-refractivity contribution in [3.63, 3.8) is 0 Å². The average molecular weight is 450 g/mol. The van der Waals surface area contributed by atoms with Crippen LogP contribution in [0.4, 0.5) is 22.0 Å². The Hall–Kier alpha value is -3.09. The molecule has 0 aliphatic heterocycles. The minimum atomic E-state index is -4.63. The van der Waals surface area contributed by atoms with Crippen LogP contribution in [0, 0.1) is 11.6 Å². The molecule has 0 aliphatic rings. The van der Waals surface area contributed by atoms with E-state index in [1.807, 2.05) is 18.2 Å². The van der Waals surface area contributed by atoms with Crippen LogP contribution in [0.25, 0.3) is 0 Å². The van der Waals surface area contributed by atoms with E-state index in [1.54, 1.807) is 36.4 Å². The Labute approximate surface area is 183 Å². The maximum Gasteiger partial charge on any atom is 0.395 e. The van der Waals surface area contributed by atoms with Gasteiger partial charge < -0.3 is 9.47 Å². The standard InChI is InChI=1S/C25H23F5O2/c1-2-31-24-22(26)15-18(16-23(24)27)21(25(28,29)30)13-7-9-17-8-6-12-20(14-17)32-19-10-4-3-5-11-19/h3-6,8,10-12,14-16,21H,2,7,9,13H2,1H3. The lowest BCUT2D eigenvalue weighted by atomic mass is 9.91. The highest BCUT2D eigenvalue weighted by Gasteiger charge is 2.41. The van der Waals surface area contributed by atoms with Gasteiger partial charge in [-0.25, -0.2) is 8.78 Å². The third kappa shape index (κ3) is 6.22. The number of hydrogen-bond donors (Lipinski definition) is 0. The van der Waals surface area contributed by atoms with Gasteiger partial charge in [0.2, 0.25) is 0 Å². The first-order chi connectivity index (χ1) is 15.3. The SMILES string of the molecule is CCOc1c(F)cc(C(CCCc2cccc(Oc3ccccc3)c2)C(F)(F)F)cc1F. The molecule has 0 radical (unpaired) electrons. The van der Waals surface area contributed by atoms with Crippen LogP contribution in [0.2, 0.25) is 0 Å². The zero-order valence-electron chi connectivity index (χ0n) is 17.5. The molecule has 0 aromatic heterocycles. The van der Waals surface area contributed by atoms with Crippen LogP contribution >= 0.6 is 0 Å². The Morgan fingerprint density at radius 1 is 0.844 bits per heavy atom. The highest BCUT2D eigenvalue weighted by atomic mass is 19.4. The van der Waals surface area contributed by atoms with Gasteiger partial charge >= 0.3 is 6.18 Å². The van der Waals surface area contributed by atoms with Crippen molar-refractivity contribution in [1.82, 2.24) is 0 Å². The van der Waals surface area contributed by atoms with Crippen molar-refractivity contribution in [2.75, 3.05) is 6.61 Å². The van der Waals surface area contributed by atoms with E-state index in [9.17, 15) is 22.0 Å². The minimum Gasteiger partial charge on any atom is -0.488 e. The largest absolute Gasteiger partial charge is 0.488 e. The molecular formula is C25H23F5O2. The van der Waals surface area contributed by atoms with Gasteiger partial charge in [0.05, 0.1) is 12.5 Å². The number of halogens is 5. The number of benzene rings is 3. The summed E-state index contributed by atoms with van der Waals surface area (Å²) in [6, 6.07) is 17.7. The molecule has 0 saturated heterocycles. The van der Waals surface area contributed by atoms with Crippen molar-refractivity contribution >= 4 is 0 Å². The van der Waals surface area contributed by atoms with E-state index in [2.05, 4.69) is 0 Å². The maximum absolute atomic E-state index is 14.1. The molecule has 0 amide bonds. The molecule has 0 N–H and O–H groups in total. The van der Waals surface area contributed by atoms with Gasteiger partial charge in [-0.05, 0) is 73.7 Å². The molecular weight excluding hydrogens is 427 g/mol. The third-order valence-electron chi connectivity index (χ3n) is 4.94. The van der Waals surface area contributed by atoms with E-state index in [1.165, 1.54) is 6.92 Å². The first-order valence-electron chi connectivity index (χ1n) is 10.3. The van der Waals surface area contributed by atoms with Gasteiger partial charge in [0.1, 0.15) is 11.5 Å². The molecule has 7 heteroatoms. The van der Waals surface area contributed by atoms with Gasteiger partial charge in [-0.2, -0.15) is 13.2 Å². The number of para-hydroxylation sites is 1. The second-order valence-corrected chi connectivity index (χ2v) is 7.30. The van der Waals surface area contributed by atoms with Crippen molar-refractivity contribution in [2.24, 2.45) is 0 Å². The first kappa shape index (κ1) is 23.6. The lowest BCUT2D eigenvalue weighted by Gasteiger charge is -2.21. The lowest BCUT2D eigenvalue weighted by molar-refractivity contribution is -0.152. The number of aryl methyl sites for hydroxylation is 1. The van der Waals surface area contributed by atoms with Crippen LogP contribution in [-0.4, -0.2) is 12.8 Å². The zero-order chi connectivity index (χ0) is 23.1. The Balaban J connectivity index is 1.69. The smallest absolute Gasteiger partial charge is 0.395 e. The fraction of sp³-hybridized carbons (Fsp3) is 0.280. The molecule has 0 bridgehead atoms. The van der Waals surface area contributed by atoms with Gasteiger partial charge in [-0.15, -0.1) is 0 Å². The molecule has 0 spiro atoms. The molecule has 0 heterocycles. The first-order valence-corrected chi connectivity index (χ1v) is 10.3. The van der Waals surface area contributed by atoms with Crippen LogP contribution in [0.3, 0.4) is 0 Å². The summed E-state index contributed by atoms with van der Waals surface area (Å²) in [6.45, 7) is 1.54. The molecule has 0 saturated carbocycles. The summed E-state index contributed by atoms with van der Waals surface area (Å²) in [5.74, 6) is -3.68. The van der Waals surface area contributed by atoms with E-state index < -0.39 is 35.0 Å². The molecule has 3 aromatic carbocycles. The van der Waals surface area contributed by atoms with E-state index in [4.69, 9.17) is 9.47 Å². The number of alkyl halides is 3. The summed E-state index contributed by atoms with van der Waals surface area (Å²) in [6.07, 6.45) is -4.40. The van der Waals surface area contributed by atoms with Crippen LogP contribution in [0.5, 0.6) is 17.2 Å². The molecule has 2 nitrogen and oxygen atoms in total. The Bertz CT molecular complexity index is 995. The van der Waals surface area contributed by atoms with Crippen molar-refractivity contribution in [3.05, 3.63) is 89.5 Å². The van der Waals surface area contributed by atoms with Crippen molar-refractivity contribution in [3.8, 4) is 17.2 Å². The molecule has 1 atom stereocenters. The molecule has 3 rings (SSSR count). The summed E-state index contributed by atoms with van der Waals surface area (Å²) in [5, 5.41) is 0. The monoisotopic (exact) mass is 450 g/mol. The normalized spacial score (nSPS) is 12.4. The van der Waals surface area contributed by atoms with Crippen LogP contribution < -0.4 is 9.47 Å². The lowest BCUT2D eigenvalue weighted by Crippen LogP contribution is -2.21. The second-order valence-electron chi connectivity index (χ2n) is 7.30. The summed E-state index contributed by atoms with van der Waals surface area (Å²) >= 11 is 0. The summed E-state index contributed by atoms with van der Waals surface area (Å²) < 4.78 is 79.8. The van der Waals surface area contributed by atoms with Gasteiger partial charge in [-0.1, -0.05) is 30.3 Å². The van der Waals surface area contributed by atoms with Gasteiger partial charge in [0, 0.05) is 0 Å². The summed E-state index contributed by atoms with van der Waals surface area (Å²) in [7, 11) is 0. The van der Waals surface area contributed by atoms with Crippen LogP contribution in [0.15, 0.2) is 66.7 Å². The van der Waals surface area contributed by atoms with E-state index in [-0.39, 0.29) is 19.4 Å². The van der Waals surface area contributed by atoms with Crippen molar-refractivity contribution < 1.29 is 31.4 Å². The average Bonchev–Trinajstić information content (AvgIpc) is 2.74. The van der Waals surface area contributed by atoms with Crippen molar-refractivity contribution in [2.45, 2.75) is 38.3 Å². The maximum atomic E-state index is 14.1. The number of rotatable bonds is 9. The zero-order valence-corrected chi connectivity index (χ0v) is 17.5. The molecule has 3 aromatic rings. The molecule has 0 aliphatic carbocycles. The van der Waals surface area contributed by atoms with Gasteiger partial charge in [-0.3, -0.25) is 0 Å². The summed E-state index contributed by atoms with van der Waals surface area (Å²) in [4.78, 5) is 0.